The minimum absolute atomic E-state index is 0.293. The molecule has 2 rings (SSSR count). The van der Waals surface area contributed by atoms with E-state index in [0.717, 1.165) is 3.57 Å². The fourth-order valence-corrected chi connectivity index (χ4v) is 2.70. The Morgan fingerprint density at radius 3 is 2.62 bits per heavy atom. The summed E-state index contributed by atoms with van der Waals surface area (Å²) in [5, 5.41) is 3.36. The Kier molecular flexibility index (Phi) is 5.18. The van der Waals surface area contributed by atoms with E-state index >= 15 is 0 Å². The molecule has 0 aliphatic heterocycles. The maximum atomic E-state index is 12.3. The molecule has 1 amide bonds. The van der Waals surface area contributed by atoms with E-state index in [1.165, 1.54) is 13.2 Å². The summed E-state index contributed by atoms with van der Waals surface area (Å²) >= 11 is 14.3. The summed E-state index contributed by atoms with van der Waals surface area (Å²) in [4.78, 5) is 12.3. The minimum Gasteiger partial charge on any atom is -0.494 e. The van der Waals surface area contributed by atoms with Crippen LogP contribution in [0.15, 0.2) is 30.3 Å². The van der Waals surface area contributed by atoms with Crippen molar-refractivity contribution in [1.29, 1.82) is 0 Å². The molecule has 0 aliphatic carbocycles. The molecule has 0 fully saturated rings. The number of anilines is 2. The third-order valence-electron chi connectivity index (χ3n) is 2.71. The number of nitrogen functional groups attached to an aromatic ring is 1. The topological polar surface area (TPSA) is 64.3 Å². The van der Waals surface area contributed by atoms with Crippen LogP contribution in [0.2, 0.25) is 10.0 Å². The predicted molar refractivity (Wildman–Crippen MR) is 94.5 cm³/mol. The van der Waals surface area contributed by atoms with E-state index in [-0.39, 0.29) is 5.91 Å². The Morgan fingerprint density at radius 1 is 1.24 bits per heavy atom. The predicted octanol–water partition coefficient (Wildman–Crippen LogP) is 4.44. The van der Waals surface area contributed by atoms with Gasteiger partial charge in [-0.15, -0.1) is 0 Å². The van der Waals surface area contributed by atoms with Crippen LogP contribution < -0.4 is 15.8 Å². The van der Waals surface area contributed by atoms with Gasteiger partial charge in [0.1, 0.15) is 11.4 Å². The van der Waals surface area contributed by atoms with Crippen LogP contribution in [-0.4, -0.2) is 13.0 Å². The van der Waals surface area contributed by atoms with Crippen molar-refractivity contribution in [2.45, 2.75) is 0 Å². The lowest BCUT2D eigenvalue weighted by molar-refractivity contribution is 0.102. The summed E-state index contributed by atoms with van der Waals surface area (Å²) in [7, 11) is 1.47. The zero-order valence-corrected chi connectivity index (χ0v) is 14.6. The van der Waals surface area contributed by atoms with Gasteiger partial charge in [0.25, 0.3) is 5.91 Å². The maximum absolute atomic E-state index is 12.3. The lowest BCUT2D eigenvalue weighted by atomic mass is 10.2. The molecule has 2 aromatic carbocycles. The number of hydrogen-bond donors (Lipinski definition) is 2. The average molecular weight is 437 g/mol. The second kappa shape index (κ2) is 6.72. The number of ether oxygens (including phenoxy) is 1. The van der Waals surface area contributed by atoms with Crippen molar-refractivity contribution in [1.82, 2.24) is 0 Å². The van der Waals surface area contributed by atoms with Gasteiger partial charge >= 0.3 is 0 Å². The van der Waals surface area contributed by atoms with E-state index in [2.05, 4.69) is 27.9 Å². The minimum atomic E-state index is -0.372. The first-order chi connectivity index (χ1) is 9.92. The van der Waals surface area contributed by atoms with Crippen molar-refractivity contribution in [3.8, 4) is 5.75 Å². The lowest BCUT2D eigenvalue weighted by Crippen LogP contribution is -2.14. The van der Waals surface area contributed by atoms with Gasteiger partial charge in [-0.2, -0.15) is 0 Å². The molecule has 0 radical (unpaired) electrons. The van der Waals surface area contributed by atoms with Crippen LogP contribution in [0.25, 0.3) is 0 Å². The summed E-state index contributed by atoms with van der Waals surface area (Å²) in [6, 6.07) is 8.29. The van der Waals surface area contributed by atoms with Crippen LogP contribution in [0.1, 0.15) is 10.4 Å². The highest BCUT2D eigenvalue weighted by Gasteiger charge is 2.16. The quantitative estimate of drug-likeness (QED) is 0.552. The molecule has 0 bridgehead atoms. The van der Waals surface area contributed by atoms with E-state index in [1.807, 2.05) is 6.07 Å². The Labute approximate surface area is 145 Å². The second-order valence-electron chi connectivity index (χ2n) is 4.16. The number of nitrogens with two attached hydrogens (primary N) is 1. The van der Waals surface area contributed by atoms with Gasteiger partial charge in [0.15, 0.2) is 0 Å². The smallest absolute Gasteiger partial charge is 0.257 e. The molecule has 0 heterocycles. The number of halogens is 3. The van der Waals surface area contributed by atoms with Crippen LogP contribution in [0.4, 0.5) is 11.4 Å². The van der Waals surface area contributed by atoms with Crippen LogP contribution in [0.5, 0.6) is 5.75 Å². The van der Waals surface area contributed by atoms with E-state index in [9.17, 15) is 4.79 Å². The Morgan fingerprint density at radius 2 is 1.95 bits per heavy atom. The molecular weight excluding hydrogens is 426 g/mol. The first-order valence-corrected chi connectivity index (χ1v) is 7.65. The molecule has 0 aliphatic rings. The van der Waals surface area contributed by atoms with Crippen molar-refractivity contribution >= 4 is 63.1 Å². The van der Waals surface area contributed by atoms with Crippen molar-refractivity contribution in [3.05, 3.63) is 49.5 Å². The molecule has 0 saturated heterocycles. The second-order valence-corrected chi connectivity index (χ2v) is 6.22. The summed E-state index contributed by atoms with van der Waals surface area (Å²) in [6.07, 6.45) is 0. The lowest BCUT2D eigenvalue weighted by Gasteiger charge is -2.13. The highest BCUT2D eigenvalue weighted by atomic mass is 127. The molecule has 0 aromatic heterocycles. The molecular formula is C14H11Cl2IN2O2. The number of carbonyl (C=O) groups is 1. The Hall–Kier alpha value is -1.18. The highest BCUT2D eigenvalue weighted by Crippen LogP contribution is 2.35. The summed E-state index contributed by atoms with van der Waals surface area (Å²) < 4.78 is 6.08. The number of carbonyl (C=O) groups excluding carboxylic acids is 1. The Balaban J connectivity index is 2.38. The third-order valence-corrected chi connectivity index (χ3v) is 4.01. The van der Waals surface area contributed by atoms with Gasteiger partial charge in [0.2, 0.25) is 0 Å². The normalized spacial score (nSPS) is 10.3. The fraction of sp³-hybridized carbons (Fsp3) is 0.0714. The zero-order valence-electron chi connectivity index (χ0n) is 10.9. The molecule has 21 heavy (non-hydrogen) atoms. The third kappa shape index (κ3) is 3.72. The molecule has 4 nitrogen and oxygen atoms in total. The van der Waals surface area contributed by atoms with Crippen molar-refractivity contribution in [3.63, 3.8) is 0 Å². The summed E-state index contributed by atoms with van der Waals surface area (Å²) in [5.74, 6) is 0.0126. The first kappa shape index (κ1) is 16.2. The number of hydrogen-bond acceptors (Lipinski definition) is 3. The molecule has 0 unspecified atom stereocenters. The fourth-order valence-electron chi connectivity index (χ4n) is 1.74. The molecule has 2 aromatic rings. The van der Waals surface area contributed by atoms with E-state index in [4.69, 9.17) is 33.7 Å². The zero-order chi connectivity index (χ0) is 15.6. The first-order valence-electron chi connectivity index (χ1n) is 5.81. The van der Waals surface area contributed by atoms with E-state index < -0.39 is 0 Å². The number of amides is 1. The molecule has 0 saturated carbocycles. The number of nitrogens with one attached hydrogen (secondary N) is 1. The summed E-state index contributed by atoms with van der Waals surface area (Å²) in [6.45, 7) is 0. The van der Waals surface area contributed by atoms with Gasteiger partial charge in [-0.1, -0.05) is 23.2 Å². The van der Waals surface area contributed by atoms with Gasteiger partial charge in [-0.05, 0) is 46.9 Å². The highest BCUT2D eigenvalue weighted by molar-refractivity contribution is 14.1. The molecule has 0 spiro atoms. The van der Waals surface area contributed by atoms with Crippen LogP contribution >= 0.6 is 45.8 Å². The SMILES string of the molecule is COc1cc(N)cc(Cl)c1NC(=O)c1cc(I)ccc1Cl. The monoisotopic (exact) mass is 436 g/mol. The van der Waals surface area contributed by atoms with Crippen molar-refractivity contribution in [2.24, 2.45) is 0 Å². The molecule has 110 valence electrons. The number of benzene rings is 2. The summed E-state index contributed by atoms with van der Waals surface area (Å²) in [5.41, 5.74) is 6.85. The average Bonchev–Trinajstić information content (AvgIpc) is 2.43. The number of rotatable bonds is 3. The van der Waals surface area contributed by atoms with Gasteiger partial charge in [0.05, 0.1) is 22.7 Å². The maximum Gasteiger partial charge on any atom is 0.257 e. The van der Waals surface area contributed by atoms with Gasteiger partial charge < -0.3 is 15.8 Å². The van der Waals surface area contributed by atoms with Gasteiger partial charge in [-0.3, -0.25) is 4.79 Å². The van der Waals surface area contributed by atoms with Gasteiger partial charge in [0, 0.05) is 15.3 Å². The van der Waals surface area contributed by atoms with Gasteiger partial charge in [-0.25, -0.2) is 0 Å². The van der Waals surface area contributed by atoms with Crippen LogP contribution in [0, 0.1) is 3.57 Å². The van der Waals surface area contributed by atoms with Crippen LogP contribution in [-0.2, 0) is 0 Å². The van der Waals surface area contributed by atoms with E-state index in [1.54, 1.807) is 18.2 Å². The molecule has 3 N–H and O–H groups in total. The van der Waals surface area contributed by atoms with Crippen molar-refractivity contribution < 1.29 is 9.53 Å². The largest absolute Gasteiger partial charge is 0.494 e. The molecule has 7 heteroatoms. The van der Waals surface area contributed by atoms with Crippen LogP contribution in [0.3, 0.4) is 0 Å². The number of methoxy groups -OCH3 is 1. The molecule has 0 atom stereocenters. The van der Waals surface area contributed by atoms with E-state index in [0.29, 0.717) is 32.7 Å². The van der Waals surface area contributed by atoms with Crippen molar-refractivity contribution in [2.75, 3.05) is 18.2 Å². The Bertz CT molecular complexity index is 708. The standard InChI is InChI=1S/C14H11Cl2IN2O2/c1-21-12-6-8(18)5-11(16)13(12)19-14(20)9-4-7(17)2-3-10(9)15/h2-6H,18H2,1H3,(H,19,20).